The number of carboxylic acid groups (broad SMARTS) is 1. The Kier molecular flexibility index (Phi) is 6.11. The van der Waals surface area contributed by atoms with Crippen molar-refractivity contribution >= 4 is 11.9 Å². The van der Waals surface area contributed by atoms with Gasteiger partial charge < -0.3 is 10.0 Å². The molecule has 1 rings (SSSR count). The highest BCUT2D eigenvalue weighted by molar-refractivity contribution is 5.85. The van der Waals surface area contributed by atoms with Crippen molar-refractivity contribution < 1.29 is 14.7 Å². The first-order valence-electron chi connectivity index (χ1n) is 6.63. The number of rotatable bonds is 7. The number of pyridine rings is 1. The zero-order valence-electron chi connectivity index (χ0n) is 12.2. The second-order valence-electron chi connectivity index (χ2n) is 4.56. The Bertz CT molecular complexity index is 472. The van der Waals surface area contributed by atoms with Crippen LogP contribution in [0, 0.1) is 0 Å². The summed E-state index contributed by atoms with van der Waals surface area (Å²) in [6, 6.07) is 4.86. The molecule has 0 saturated heterocycles. The summed E-state index contributed by atoms with van der Waals surface area (Å²) in [6.07, 6.45) is 0. The van der Waals surface area contributed by atoms with Crippen molar-refractivity contribution in [2.24, 2.45) is 0 Å². The van der Waals surface area contributed by atoms with Crippen LogP contribution < -0.4 is 0 Å². The molecule has 1 aromatic rings. The minimum absolute atomic E-state index is 0.0194. The Morgan fingerprint density at radius 2 is 1.90 bits per heavy atom. The molecule has 20 heavy (non-hydrogen) atoms. The number of carbonyl (C=O) groups excluding carboxylic acids is 1. The second-order valence-corrected chi connectivity index (χ2v) is 4.56. The number of hydrogen-bond donors (Lipinski definition) is 1. The average Bonchev–Trinajstić information content (AvgIpc) is 2.40. The fourth-order valence-corrected chi connectivity index (χ4v) is 1.93. The molecule has 1 aromatic heterocycles. The largest absolute Gasteiger partial charge is 0.477 e. The maximum atomic E-state index is 12.0. The van der Waals surface area contributed by atoms with E-state index in [9.17, 15) is 9.59 Å². The van der Waals surface area contributed by atoms with Crippen LogP contribution in [0.5, 0.6) is 0 Å². The summed E-state index contributed by atoms with van der Waals surface area (Å²) in [6.45, 7) is 6.00. The van der Waals surface area contributed by atoms with Gasteiger partial charge in [-0.05, 0) is 33.0 Å². The van der Waals surface area contributed by atoms with Crippen LogP contribution in [0.2, 0.25) is 0 Å². The summed E-state index contributed by atoms with van der Waals surface area (Å²) >= 11 is 0. The third-order valence-electron chi connectivity index (χ3n) is 2.98. The van der Waals surface area contributed by atoms with Crippen molar-refractivity contribution in [2.75, 3.05) is 26.7 Å². The van der Waals surface area contributed by atoms with Crippen LogP contribution in [0.1, 0.15) is 30.0 Å². The van der Waals surface area contributed by atoms with E-state index < -0.39 is 5.97 Å². The quantitative estimate of drug-likeness (QED) is 0.808. The van der Waals surface area contributed by atoms with E-state index in [1.54, 1.807) is 17.0 Å². The van der Waals surface area contributed by atoms with Crippen LogP contribution in [0.3, 0.4) is 0 Å². The monoisotopic (exact) mass is 279 g/mol. The summed E-state index contributed by atoms with van der Waals surface area (Å²) in [5.74, 6) is -0.986. The van der Waals surface area contributed by atoms with E-state index in [0.717, 1.165) is 0 Å². The number of aromatic nitrogens is 1. The molecule has 0 aliphatic heterocycles. The molecule has 6 heteroatoms. The molecule has 0 unspecified atom stereocenters. The summed E-state index contributed by atoms with van der Waals surface area (Å²) in [7, 11) is 1.82. The molecule has 110 valence electrons. The van der Waals surface area contributed by atoms with Crippen LogP contribution in [0.15, 0.2) is 18.2 Å². The van der Waals surface area contributed by atoms with Crippen molar-refractivity contribution in [3.63, 3.8) is 0 Å². The normalized spacial score (nSPS) is 10.6. The fourth-order valence-electron chi connectivity index (χ4n) is 1.93. The molecule has 0 saturated carbocycles. The van der Waals surface area contributed by atoms with Crippen molar-refractivity contribution in [1.29, 1.82) is 0 Å². The number of hydrogen-bond acceptors (Lipinski definition) is 4. The topological polar surface area (TPSA) is 73.7 Å². The zero-order chi connectivity index (χ0) is 15.1. The van der Waals surface area contributed by atoms with Crippen LogP contribution >= 0.6 is 0 Å². The second kappa shape index (κ2) is 7.59. The Morgan fingerprint density at radius 3 is 2.45 bits per heavy atom. The van der Waals surface area contributed by atoms with E-state index in [-0.39, 0.29) is 11.6 Å². The van der Waals surface area contributed by atoms with E-state index in [2.05, 4.69) is 4.98 Å². The number of likely N-dealkylation sites (N-methyl/N-ethyl adjacent to an activating group) is 2. The first-order valence-corrected chi connectivity index (χ1v) is 6.63. The molecule has 0 bridgehead atoms. The third kappa shape index (κ3) is 4.62. The van der Waals surface area contributed by atoms with E-state index in [4.69, 9.17) is 5.11 Å². The Balaban J connectivity index is 2.62. The van der Waals surface area contributed by atoms with Gasteiger partial charge in [-0.2, -0.15) is 0 Å². The van der Waals surface area contributed by atoms with E-state index >= 15 is 0 Å². The summed E-state index contributed by atoms with van der Waals surface area (Å²) in [5, 5.41) is 8.89. The molecule has 0 aromatic carbocycles. The highest BCUT2D eigenvalue weighted by Crippen LogP contribution is 2.03. The summed E-state index contributed by atoms with van der Waals surface area (Å²) in [4.78, 5) is 30.4. The van der Waals surface area contributed by atoms with Crippen molar-refractivity contribution in [3.05, 3.63) is 29.6 Å². The van der Waals surface area contributed by atoms with Crippen molar-refractivity contribution in [2.45, 2.75) is 20.4 Å². The maximum Gasteiger partial charge on any atom is 0.354 e. The molecule has 1 heterocycles. The number of nitrogens with zero attached hydrogens (tertiary/aromatic N) is 3. The minimum Gasteiger partial charge on any atom is -0.477 e. The van der Waals surface area contributed by atoms with Crippen LogP contribution in [-0.2, 0) is 11.3 Å². The maximum absolute atomic E-state index is 12.0. The smallest absolute Gasteiger partial charge is 0.354 e. The molecule has 1 amide bonds. The van der Waals surface area contributed by atoms with Gasteiger partial charge in [-0.3, -0.25) is 9.69 Å². The van der Waals surface area contributed by atoms with Gasteiger partial charge in [0.15, 0.2) is 0 Å². The van der Waals surface area contributed by atoms with Crippen LogP contribution in [-0.4, -0.2) is 58.4 Å². The van der Waals surface area contributed by atoms with Gasteiger partial charge in [-0.15, -0.1) is 0 Å². The van der Waals surface area contributed by atoms with Gasteiger partial charge in [0, 0.05) is 19.6 Å². The van der Waals surface area contributed by atoms with Gasteiger partial charge in [-0.1, -0.05) is 6.07 Å². The third-order valence-corrected chi connectivity index (χ3v) is 2.98. The Labute approximate surface area is 119 Å². The fraction of sp³-hybridized carbons (Fsp3) is 0.500. The van der Waals surface area contributed by atoms with E-state index in [1.807, 2.05) is 25.8 Å². The van der Waals surface area contributed by atoms with Gasteiger partial charge >= 0.3 is 5.97 Å². The number of amides is 1. The first kappa shape index (κ1) is 16.1. The lowest BCUT2D eigenvalue weighted by Gasteiger charge is -2.22. The minimum atomic E-state index is -1.05. The van der Waals surface area contributed by atoms with Crippen LogP contribution in [0.25, 0.3) is 0 Å². The molecule has 0 aliphatic rings. The van der Waals surface area contributed by atoms with E-state index in [1.165, 1.54) is 6.07 Å². The van der Waals surface area contributed by atoms with Crippen molar-refractivity contribution in [3.8, 4) is 0 Å². The molecular formula is C14H21N3O3. The first-order chi connectivity index (χ1) is 9.47. The molecule has 6 nitrogen and oxygen atoms in total. The summed E-state index contributed by atoms with van der Waals surface area (Å²) < 4.78 is 0. The number of aromatic carboxylic acids is 1. The van der Waals surface area contributed by atoms with Crippen LogP contribution in [0.4, 0.5) is 0 Å². The standard InChI is InChI=1S/C14H21N3O3/c1-4-17(5-2)13(18)10-16(3)9-11-7-6-8-12(15-11)14(19)20/h6-8H,4-5,9-10H2,1-3H3,(H,19,20). The van der Waals surface area contributed by atoms with Crippen molar-refractivity contribution in [1.82, 2.24) is 14.8 Å². The lowest BCUT2D eigenvalue weighted by atomic mass is 10.3. The Hall–Kier alpha value is -1.95. The lowest BCUT2D eigenvalue weighted by Crippen LogP contribution is -2.38. The lowest BCUT2D eigenvalue weighted by molar-refractivity contribution is -0.131. The zero-order valence-corrected chi connectivity index (χ0v) is 12.2. The highest BCUT2D eigenvalue weighted by Gasteiger charge is 2.13. The highest BCUT2D eigenvalue weighted by atomic mass is 16.4. The molecule has 0 spiro atoms. The number of carbonyl (C=O) groups is 2. The van der Waals surface area contributed by atoms with Gasteiger partial charge in [0.25, 0.3) is 0 Å². The molecule has 0 atom stereocenters. The Morgan fingerprint density at radius 1 is 1.25 bits per heavy atom. The molecular weight excluding hydrogens is 258 g/mol. The van der Waals surface area contributed by atoms with Gasteiger partial charge in [0.05, 0.1) is 12.2 Å². The summed E-state index contributed by atoms with van der Waals surface area (Å²) in [5.41, 5.74) is 0.658. The SMILES string of the molecule is CCN(CC)C(=O)CN(C)Cc1cccc(C(=O)O)n1. The molecule has 0 radical (unpaired) electrons. The predicted molar refractivity (Wildman–Crippen MR) is 75.5 cm³/mol. The predicted octanol–water partition coefficient (Wildman–Crippen LogP) is 1.08. The van der Waals surface area contributed by atoms with Gasteiger partial charge in [0.2, 0.25) is 5.91 Å². The number of carboxylic acids is 1. The van der Waals surface area contributed by atoms with Gasteiger partial charge in [0.1, 0.15) is 5.69 Å². The molecule has 0 fully saturated rings. The average molecular weight is 279 g/mol. The molecule has 0 aliphatic carbocycles. The van der Waals surface area contributed by atoms with Gasteiger partial charge in [-0.25, -0.2) is 9.78 Å². The molecule has 1 N–H and O–H groups in total. The van der Waals surface area contributed by atoms with E-state index in [0.29, 0.717) is 31.9 Å².